The van der Waals surface area contributed by atoms with E-state index >= 15 is 0 Å². The summed E-state index contributed by atoms with van der Waals surface area (Å²) < 4.78 is 1.11. The van der Waals surface area contributed by atoms with E-state index < -0.39 is 0 Å². The molecule has 0 saturated heterocycles. The second-order valence-corrected chi connectivity index (χ2v) is 5.66. The van der Waals surface area contributed by atoms with Crippen LogP contribution in [0.3, 0.4) is 0 Å². The highest BCUT2D eigenvalue weighted by Gasteiger charge is 2.23. The molecule has 0 radical (unpaired) electrons. The quantitative estimate of drug-likeness (QED) is 0.897. The van der Waals surface area contributed by atoms with Crippen LogP contribution in [0.5, 0.6) is 0 Å². The van der Waals surface area contributed by atoms with Gasteiger partial charge in [0, 0.05) is 16.4 Å². The lowest BCUT2D eigenvalue weighted by Gasteiger charge is -2.16. The van der Waals surface area contributed by atoms with E-state index in [0.29, 0.717) is 6.04 Å². The highest BCUT2D eigenvalue weighted by molar-refractivity contribution is 9.10. The Bertz CT molecular complexity index is 580. The molecule has 1 aliphatic carbocycles. The molecular formula is C15H15BrN2. The topological polar surface area (TPSA) is 24.9 Å². The lowest BCUT2D eigenvalue weighted by atomic mass is 10.1. The lowest BCUT2D eigenvalue weighted by Crippen LogP contribution is -2.09. The Balaban J connectivity index is 1.88. The van der Waals surface area contributed by atoms with E-state index in [0.717, 1.165) is 17.3 Å². The predicted octanol–water partition coefficient (Wildman–Crippen LogP) is 4.25. The van der Waals surface area contributed by atoms with Gasteiger partial charge in [0.25, 0.3) is 0 Å². The van der Waals surface area contributed by atoms with Crippen molar-refractivity contribution in [2.75, 3.05) is 5.32 Å². The number of nitrogens with zero attached hydrogens (tertiary/aromatic N) is 1. The van der Waals surface area contributed by atoms with Gasteiger partial charge in [-0.05, 0) is 49.1 Å². The number of fused-ring (bicyclic) bond motifs is 1. The molecule has 1 unspecified atom stereocenters. The molecule has 0 amide bonds. The molecule has 1 heterocycles. The minimum atomic E-state index is 0.342. The van der Waals surface area contributed by atoms with Crippen LogP contribution in [0, 0.1) is 6.92 Å². The predicted molar refractivity (Wildman–Crippen MR) is 77.8 cm³/mol. The zero-order chi connectivity index (χ0) is 12.5. The van der Waals surface area contributed by atoms with Gasteiger partial charge in [-0.3, -0.25) is 4.98 Å². The maximum atomic E-state index is 4.51. The maximum absolute atomic E-state index is 4.51. The molecule has 1 aromatic heterocycles. The zero-order valence-corrected chi connectivity index (χ0v) is 11.9. The van der Waals surface area contributed by atoms with Crippen molar-refractivity contribution in [1.29, 1.82) is 0 Å². The second-order valence-electron chi connectivity index (χ2n) is 4.74. The van der Waals surface area contributed by atoms with Crippen LogP contribution in [0.4, 0.5) is 5.69 Å². The van der Waals surface area contributed by atoms with Gasteiger partial charge >= 0.3 is 0 Å². The minimum Gasteiger partial charge on any atom is -0.376 e. The highest BCUT2D eigenvalue weighted by atomic mass is 79.9. The van der Waals surface area contributed by atoms with Crippen LogP contribution < -0.4 is 5.32 Å². The van der Waals surface area contributed by atoms with E-state index in [9.17, 15) is 0 Å². The average Bonchev–Trinajstić information content (AvgIpc) is 2.78. The molecule has 0 bridgehead atoms. The van der Waals surface area contributed by atoms with Crippen LogP contribution in [0.25, 0.3) is 0 Å². The number of aryl methyl sites for hydroxylation is 2. The van der Waals surface area contributed by atoms with Gasteiger partial charge in [-0.15, -0.1) is 0 Å². The van der Waals surface area contributed by atoms with Crippen molar-refractivity contribution in [3.8, 4) is 0 Å². The van der Waals surface area contributed by atoms with Crippen LogP contribution in [-0.2, 0) is 6.42 Å². The Kier molecular flexibility index (Phi) is 3.08. The van der Waals surface area contributed by atoms with Crippen molar-refractivity contribution in [3.05, 3.63) is 57.8 Å². The number of hydrogen-bond donors (Lipinski definition) is 1. The lowest BCUT2D eigenvalue weighted by molar-refractivity contribution is 0.745. The number of rotatable bonds is 2. The molecular weight excluding hydrogens is 288 g/mol. The summed E-state index contributed by atoms with van der Waals surface area (Å²) in [6.07, 6.45) is 4.12. The molecule has 0 spiro atoms. The van der Waals surface area contributed by atoms with Gasteiger partial charge in [-0.1, -0.05) is 28.1 Å². The third-order valence-corrected chi connectivity index (χ3v) is 3.98. The van der Waals surface area contributed by atoms with E-state index in [1.165, 1.54) is 22.5 Å². The molecule has 92 valence electrons. The number of pyridine rings is 1. The van der Waals surface area contributed by atoms with E-state index in [2.05, 4.69) is 57.4 Å². The third-order valence-electron chi connectivity index (χ3n) is 3.49. The Morgan fingerprint density at radius 1 is 1.33 bits per heavy atom. The minimum absolute atomic E-state index is 0.342. The summed E-state index contributed by atoms with van der Waals surface area (Å²) in [6, 6.07) is 10.9. The van der Waals surface area contributed by atoms with E-state index in [1.54, 1.807) is 0 Å². The van der Waals surface area contributed by atoms with Crippen molar-refractivity contribution in [2.24, 2.45) is 0 Å². The van der Waals surface area contributed by atoms with Crippen molar-refractivity contribution >= 4 is 21.6 Å². The van der Waals surface area contributed by atoms with Gasteiger partial charge in [0.2, 0.25) is 0 Å². The van der Waals surface area contributed by atoms with Crippen molar-refractivity contribution < 1.29 is 0 Å². The molecule has 1 aromatic carbocycles. The van der Waals surface area contributed by atoms with E-state index in [1.807, 2.05) is 12.3 Å². The maximum Gasteiger partial charge on any atom is 0.0691 e. The Morgan fingerprint density at radius 2 is 2.22 bits per heavy atom. The SMILES string of the molecule is Cc1ccc(Br)cc1NC1CCc2cccnc21. The number of halogens is 1. The van der Waals surface area contributed by atoms with Gasteiger partial charge in [-0.25, -0.2) is 0 Å². The summed E-state index contributed by atoms with van der Waals surface area (Å²) in [5.41, 5.74) is 5.04. The first-order chi connectivity index (χ1) is 8.74. The van der Waals surface area contributed by atoms with Crippen molar-refractivity contribution in [2.45, 2.75) is 25.8 Å². The molecule has 18 heavy (non-hydrogen) atoms. The van der Waals surface area contributed by atoms with Crippen LogP contribution in [-0.4, -0.2) is 4.98 Å². The molecule has 1 aliphatic rings. The number of benzene rings is 1. The Morgan fingerprint density at radius 3 is 3.11 bits per heavy atom. The molecule has 1 atom stereocenters. The van der Waals surface area contributed by atoms with Crippen molar-refractivity contribution in [3.63, 3.8) is 0 Å². The number of hydrogen-bond acceptors (Lipinski definition) is 2. The van der Waals surface area contributed by atoms with Gasteiger partial charge in [0.15, 0.2) is 0 Å². The smallest absolute Gasteiger partial charge is 0.0691 e. The van der Waals surface area contributed by atoms with Gasteiger partial charge in [-0.2, -0.15) is 0 Å². The van der Waals surface area contributed by atoms with Gasteiger partial charge in [0.05, 0.1) is 11.7 Å². The fourth-order valence-electron chi connectivity index (χ4n) is 2.49. The van der Waals surface area contributed by atoms with Crippen LogP contribution in [0.15, 0.2) is 41.0 Å². The fourth-order valence-corrected chi connectivity index (χ4v) is 2.85. The molecule has 0 aliphatic heterocycles. The van der Waals surface area contributed by atoms with Gasteiger partial charge in [0.1, 0.15) is 0 Å². The number of aromatic nitrogens is 1. The summed E-state index contributed by atoms with van der Waals surface area (Å²) in [7, 11) is 0. The largest absolute Gasteiger partial charge is 0.376 e. The Labute approximate surface area is 116 Å². The summed E-state index contributed by atoms with van der Waals surface area (Å²) in [4.78, 5) is 4.51. The first-order valence-corrected chi connectivity index (χ1v) is 7.00. The summed E-state index contributed by atoms with van der Waals surface area (Å²) in [5, 5.41) is 3.61. The first kappa shape index (κ1) is 11.7. The van der Waals surface area contributed by atoms with Crippen molar-refractivity contribution in [1.82, 2.24) is 4.98 Å². The standard InChI is InChI=1S/C15H15BrN2/c1-10-4-6-12(16)9-14(10)18-13-7-5-11-3-2-8-17-15(11)13/h2-4,6,8-9,13,18H,5,7H2,1H3. The van der Waals surface area contributed by atoms with Gasteiger partial charge < -0.3 is 5.32 Å². The fraction of sp³-hybridized carbons (Fsp3) is 0.267. The molecule has 2 nitrogen and oxygen atoms in total. The van der Waals surface area contributed by atoms with Crippen LogP contribution in [0.2, 0.25) is 0 Å². The highest BCUT2D eigenvalue weighted by Crippen LogP contribution is 2.33. The molecule has 3 rings (SSSR count). The third kappa shape index (κ3) is 2.15. The molecule has 3 heteroatoms. The normalized spacial score (nSPS) is 17.6. The zero-order valence-electron chi connectivity index (χ0n) is 10.3. The van der Waals surface area contributed by atoms with Crippen LogP contribution in [0.1, 0.15) is 29.3 Å². The summed E-state index contributed by atoms with van der Waals surface area (Å²) >= 11 is 3.52. The van der Waals surface area contributed by atoms with E-state index in [4.69, 9.17) is 0 Å². The molecule has 0 fully saturated rings. The number of anilines is 1. The Hall–Kier alpha value is -1.35. The first-order valence-electron chi connectivity index (χ1n) is 6.20. The summed E-state index contributed by atoms with van der Waals surface area (Å²) in [6.45, 7) is 2.13. The van der Waals surface area contributed by atoms with E-state index in [-0.39, 0.29) is 0 Å². The molecule has 0 saturated carbocycles. The van der Waals surface area contributed by atoms with Crippen LogP contribution >= 0.6 is 15.9 Å². The second kappa shape index (κ2) is 4.73. The number of nitrogens with one attached hydrogen (secondary N) is 1. The average molecular weight is 303 g/mol. The molecule has 1 N–H and O–H groups in total. The monoisotopic (exact) mass is 302 g/mol. The molecule has 2 aromatic rings. The summed E-state index contributed by atoms with van der Waals surface area (Å²) in [5.74, 6) is 0.